The Balaban J connectivity index is 1.09. The van der Waals surface area contributed by atoms with Gasteiger partial charge in [0, 0.05) is 66.9 Å². The van der Waals surface area contributed by atoms with E-state index in [2.05, 4.69) is 16.3 Å². The zero-order valence-electron chi connectivity index (χ0n) is 22.9. The molecule has 7 nitrogen and oxygen atoms in total. The van der Waals surface area contributed by atoms with Gasteiger partial charge in [0.2, 0.25) is 5.88 Å². The van der Waals surface area contributed by atoms with Crippen LogP contribution >= 0.6 is 0 Å². The maximum Gasteiger partial charge on any atom is 0.258 e. The molecule has 1 aliphatic heterocycles. The lowest BCUT2D eigenvalue weighted by molar-refractivity contribution is 0.0921. The van der Waals surface area contributed by atoms with Crippen molar-refractivity contribution in [2.75, 3.05) is 19.6 Å². The minimum Gasteiger partial charge on any atom is -0.475 e. The number of carbonyl (C=O) groups is 1. The van der Waals surface area contributed by atoms with E-state index in [-0.39, 0.29) is 23.6 Å². The second-order valence-corrected chi connectivity index (χ2v) is 11.2. The molecule has 1 fully saturated rings. The lowest BCUT2D eigenvalue weighted by Gasteiger charge is -2.31. The summed E-state index contributed by atoms with van der Waals surface area (Å²) in [7, 11) is 1.73. The third kappa shape index (κ3) is 6.09. The zero-order valence-corrected chi connectivity index (χ0v) is 22.9. The molecule has 0 saturated heterocycles. The quantitative estimate of drug-likeness (QED) is 0.500. The standard InChI is InChI=1S/C31H40N4O3/c1-21(2)38-29-12-9-23-14-19-35(20-16-28(23)33-29)18-13-22-7-10-24(11-8-22)32-30(36)26-5-4-6-27-25(26)15-17-34(3)31(27)37/h4-6,9,12,15,17,21-22,24H,7-8,10-11,13-14,16,18-20H2,1-3H3,(H,32,36)/t22-,24-. The van der Waals surface area contributed by atoms with Crippen molar-refractivity contribution in [2.45, 2.75) is 70.9 Å². The van der Waals surface area contributed by atoms with Gasteiger partial charge in [-0.3, -0.25) is 9.59 Å². The van der Waals surface area contributed by atoms with Crippen LogP contribution in [0.5, 0.6) is 5.88 Å². The van der Waals surface area contributed by atoms with Gasteiger partial charge in [0.05, 0.1) is 6.10 Å². The SMILES string of the molecule is CC(C)Oc1ccc2c(n1)CCN(CC[C@H]1CC[C@H](NC(=O)c3cccc4c(=O)n(C)ccc34)CC1)CC2. The lowest BCUT2D eigenvalue weighted by atomic mass is 9.84. The Morgan fingerprint density at radius 3 is 2.63 bits per heavy atom. The zero-order chi connectivity index (χ0) is 26.6. The maximum absolute atomic E-state index is 13.1. The van der Waals surface area contributed by atoms with Crippen LogP contribution in [0.1, 0.15) is 67.6 Å². The summed E-state index contributed by atoms with van der Waals surface area (Å²) >= 11 is 0. The van der Waals surface area contributed by atoms with Crippen LogP contribution in [0, 0.1) is 5.92 Å². The Morgan fingerprint density at radius 1 is 1.05 bits per heavy atom. The van der Waals surface area contributed by atoms with E-state index in [1.807, 2.05) is 32.0 Å². The van der Waals surface area contributed by atoms with Gasteiger partial charge in [-0.1, -0.05) is 12.1 Å². The third-order valence-corrected chi connectivity index (χ3v) is 8.16. The Bertz CT molecular complexity index is 1340. The minimum absolute atomic E-state index is 0.0768. The molecular weight excluding hydrogens is 476 g/mol. The normalized spacial score (nSPS) is 20.2. The van der Waals surface area contributed by atoms with E-state index in [1.165, 1.54) is 17.7 Å². The van der Waals surface area contributed by atoms with E-state index in [4.69, 9.17) is 9.72 Å². The van der Waals surface area contributed by atoms with Crippen LogP contribution in [0.4, 0.5) is 0 Å². The van der Waals surface area contributed by atoms with Gasteiger partial charge >= 0.3 is 0 Å². The molecule has 1 saturated carbocycles. The highest BCUT2D eigenvalue weighted by molar-refractivity contribution is 6.06. The number of carbonyl (C=O) groups excluding carboxylic acids is 1. The molecule has 1 N–H and O–H groups in total. The predicted molar refractivity (Wildman–Crippen MR) is 151 cm³/mol. The van der Waals surface area contributed by atoms with E-state index in [1.54, 1.807) is 29.9 Å². The Labute approximate surface area is 225 Å². The summed E-state index contributed by atoms with van der Waals surface area (Å²) in [5.41, 5.74) is 3.05. The highest BCUT2D eigenvalue weighted by Crippen LogP contribution is 2.28. The van der Waals surface area contributed by atoms with Gasteiger partial charge in [-0.05, 0) is 88.6 Å². The smallest absolute Gasteiger partial charge is 0.258 e. The molecule has 202 valence electrons. The number of aromatic nitrogens is 2. The van der Waals surface area contributed by atoms with Crippen LogP contribution in [0.3, 0.4) is 0 Å². The van der Waals surface area contributed by atoms with E-state index < -0.39 is 0 Å². The van der Waals surface area contributed by atoms with Crippen LogP contribution in [0.2, 0.25) is 0 Å². The first-order valence-electron chi connectivity index (χ1n) is 14.1. The van der Waals surface area contributed by atoms with Crippen molar-refractivity contribution in [3.05, 3.63) is 69.8 Å². The number of aryl methyl sites for hydroxylation is 1. The van der Waals surface area contributed by atoms with Crippen LogP contribution in [-0.4, -0.2) is 52.1 Å². The fourth-order valence-corrected chi connectivity index (χ4v) is 5.94. The number of hydrogen-bond acceptors (Lipinski definition) is 5. The summed E-state index contributed by atoms with van der Waals surface area (Å²) in [6, 6.07) is 11.7. The van der Waals surface area contributed by atoms with E-state index in [0.29, 0.717) is 16.9 Å². The molecule has 7 heteroatoms. The first kappa shape index (κ1) is 26.4. The predicted octanol–water partition coefficient (Wildman–Crippen LogP) is 4.50. The minimum atomic E-state index is -0.0769. The van der Waals surface area contributed by atoms with Crippen LogP contribution in [0.25, 0.3) is 10.8 Å². The van der Waals surface area contributed by atoms with E-state index in [9.17, 15) is 9.59 Å². The molecule has 0 spiro atoms. The Hall–Kier alpha value is -3.19. The molecule has 1 aliphatic carbocycles. The van der Waals surface area contributed by atoms with Crippen LogP contribution < -0.4 is 15.6 Å². The average Bonchev–Trinajstić information content (AvgIpc) is 3.11. The summed E-state index contributed by atoms with van der Waals surface area (Å²) in [5, 5.41) is 4.56. The lowest BCUT2D eigenvalue weighted by Crippen LogP contribution is -2.38. The number of rotatable bonds is 7. The molecule has 0 atom stereocenters. The van der Waals surface area contributed by atoms with E-state index >= 15 is 0 Å². The first-order chi connectivity index (χ1) is 18.4. The molecule has 0 radical (unpaired) electrons. The van der Waals surface area contributed by atoms with Gasteiger partial charge in [-0.2, -0.15) is 0 Å². The van der Waals surface area contributed by atoms with Crippen LogP contribution in [-0.2, 0) is 19.9 Å². The molecule has 0 unspecified atom stereocenters. The molecule has 1 amide bonds. The fraction of sp³-hybridized carbons (Fsp3) is 0.516. The monoisotopic (exact) mass is 516 g/mol. The van der Waals surface area contributed by atoms with Crippen molar-refractivity contribution in [3.8, 4) is 5.88 Å². The van der Waals surface area contributed by atoms with Gasteiger partial charge in [0.25, 0.3) is 11.5 Å². The molecular formula is C31H40N4O3. The molecule has 2 aliphatic rings. The molecule has 38 heavy (non-hydrogen) atoms. The van der Waals surface area contributed by atoms with Crippen molar-refractivity contribution < 1.29 is 9.53 Å². The van der Waals surface area contributed by atoms with Gasteiger partial charge in [0.15, 0.2) is 0 Å². The number of fused-ring (bicyclic) bond motifs is 2. The highest BCUT2D eigenvalue weighted by atomic mass is 16.5. The topological polar surface area (TPSA) is 76.5 Å². The summed E-state index contributed by atoms with van der Waals surface area (Å²) < 4.78 is 7.34. The number of pyridine rings is 2. The summed E-state index contributed by atoms with van der Waals surface area (Å²) in [6.07, 6.45) is 9.41. The molecule has 0 bridgehead atoms. The average molecular weight is 517 g/mol. The summed E-state index contributed by atoms with van der Waals surface area (Å²) in [6.45, 7) is 7.32. The van der Waals surface area contributed by atoms with Gasteiger partial charge in [-0.15, -0.1) is 0 Å². The second-order valence-electron chi connectivity index (χ2n) is 11.2. The molecule has 3 aromatic rings. The van der Waals surface area contributed by atoms with Crippen molar-refractivity contribution in [2.24, 2.45) is 13.0 Å². The first-order valence-corrected chi connectivity index (χ1v) is 14.1. The summed E-state index contributed by atoms with van der Waals surface area (Å²) in [4.78, 5) is 32.9. The number of nitrogens with one attached hydrogen (secondary N) is 1. The van der Waals surface area contributed by atoms with Crippen molar-refractivity contribution in [3.63, 3.8) is 0 Å². The van der Waals surface area contributed by atoms with Gasteiger partial charge in [0.1, 0.15) is 0 Å². The largest absolute Gasteiger partial charge is 0.475 e. The Morgan fingerprint density at radius 2 is 1.84 bits per heavy atom. The molecule has 3 heterocycles. The number of amides is 1. The number of ether oxygens (including phenoxy) is 1. The van der Waals surface area contributed by atoms with E-state index in [0.717, 1.165) is 69.4 Å². The van der Waals surface area contributed by atoms with Crippen molar-refractivity contribution in [1.29, 1.82) is 0 Å². The second kappa shape index (κ2) is 11.7. The van der Waals surface area contributed by atoms with Crippen LogP contribution in [0.15, 0.2) is 47.4 Å². The number of benzene rings is 1. The highest BCUT2D eigenvalue weighted by Gasteiger charge is 2.24. The van der Waals surface area contributed by atoms with Crippen molar-refractivity contribution in [1.82, 2.24) is 19.8 Å². The van der Waals surface area contributed by atoms with Gasteiger partial charge < -0.3 is 19.5 Å². The number of hydrogen-bond donors (Lipinski definition) is 1. The third-order valence-electron chi connectivity index (χ3n) is 8.16. The van der Waals surface area contributed by atoms with Gasteiger partial charge in [-0.25, -0.2) is 4.98 Å². The molecule has 2 aromatic heterocycles. The maximum atomic E-state index is 13.1. The Kier molecular flexibility index (Phi) is 8.12. The van der Waals surface area contributed by atoms with Crippen molar-refractivity contribution >= 4 is 16.7 Å². The summed E-state index contributed by atoms with van der Waals surface area (Å²) in [5.74, 6) is 1.37. The molecule has 5 rings (SSSR count). The fourth-order valence-electron chi connectivity index (χ4n) is 5.94. The number of nitrogens with zero attached hydrogens (tertiary/aromatic N) is 3. The molecule has 1 aromatic carbocycles.